The van der Waals surface area contributed by atoms with Gasteiger partial charge in [0.25, 0.3) is 5.89 Å². The highest BCUT2D eigenvalue weighted by molar-refractivity contribution is 5.91. The number of carbonyl (C=O) groups is 1. The van der Waals surface area contributed by atoms with Crippen LogP contribution in [0.25, 0.3) is 11.5 Å². The lowest BCUT2D eigenvalue weighted by Crippen LogP contribution is -2.17. The molecule has 2 aromatic carbocycles. The monoisotopic (exact) mass is 392 g/mol. The summed E-state index contributed by atoms with van der Waals surface area (Å²) in [4.78, 5) is 14.6. The van der Waals surface area contributed by atoms with Gasteiger partial charge in [-0.3, -0.25) is 4.79 Å². The summed E-state index contributed by atoms with van der Waals surface area (Å²) >= 11 is 0. The molecule has 0 saturated carbocycles. The molecule has 150 valence electrons. The Hall–Kier alpha value is -3.35. The van der Waals surface area contributed by atoms with E-state index in [1.54, 1.807) is 7.11 Å². The van der Waals surface area contributed by atoms with E-state index in [9.17, 15) is 4.79 Å². The molecule has 1 aromatic heterocycles. The Bertz CT molecular complexity index is 962. The molecular weight excluding hydrogens is 368 g/mol. The number of anilines is 2. The van der Waals surface area contributed by atoms with Crippen molar-refractivity contribution in [3.63, 3.8) is 0 Å². The largest absolute Gasteiger partial charge is 0.496 e. The molecule has 7 heteroatoms. The quantitative estimate of drug-likeness (QED) is 0.656. The first kappa shape index (κ1) is 19.0. The van der Waals surface area contributed by atoms with Gasteiger partial charge < -0.3 is 19.4 Å². The van der Waals surface area contributed by atoms with Gasteiger partial charge in [0.1, 0.15) is 5.75 Å². The highest BCUT2D eigenvalue weighted by Crippen LogP contribution is 2.28. The molecule has 1 N–H and O–H groups in total. The van der Waals surface area contributed by atoms with Crippen LogP contribution in [-0.2, 0) is 11.2 Å². The third kappa shape index (κ3) is 4.56. The molecule has 29 heavy (non-hydrogen) atoms. The van der Waals surface area contributed by atoms with Crippen LogP contribution in [0.15, 0.2) is 52.9 Å². The molecule has 2 heterocycles. The number of hydrogen-bond acceptors (Lipinski definition) is 6. The molecule has 7 nitrogen and oxygen atoms in total. The van der Waals surface area contributed by atoms with Crippen LogP contribution in [0.3, 0.4) is 0 Å². The average molecular weight is 392 g/mol. The van der Waals surface area contributed by atoms with E-state index in [0.29, 0.717) is 24.0 Å². The lowest BCUT2D eigenvalue weighted by molar-refractivity contribution is -0.116. The summed E-state index contributed by atoms with van der Waals surface area (Å²) in [7, 11) is 1.60. The van der Waals surface area contributed by atoms with Gasteiger partial charge in [0.2, 0.25) is 11.8 Å². The van der Waals surface area contributed by atoms with Crippen LogP contribution in [0.5, 0.6) is 5.75 Å². The highest BCUT2D eigenvalue weighted by atomic mass is 16.5. The van der Waals surface area contributed by atoms with Gasteiger partial charge in [0.05, 0.1) is 12.7 Å². The van der Waals surface area contributed by atoms with E-state index in [-0.39, 0.29) is 12.3 Å². The average Bonchev–Trinajstić information content (AvgIpc) is 3.45. The van der Waals surface area contributed by atoms with Gasteiger partial charge >= 0.3 is 0 Å². The number of para-hydroxylation sites is 1. The number of amides is 1. The maximum atomic E-state index is 12.3. The second-order valence-electron chi connectivity index (χ2n) is 6.99. The first-order valence-corrected chi connectivity index (χ1v) is 9.83. The van der Waals surface area contributed by atoms with E-state index in [1.165, 1.54) is 18.5 Å². The van der Waals surface area contributed by atoms with E-state index in [1.807, 2.05) is 36.4 Å². The number of hydrogen-bond donors (Lipinski definition) is 1. The minimum atomic E-state index is -0.0871. The van der Waals surface area contributed by atoms with Crippen molar-refractivity contribution in [2.75, 3.05) is 30.4 Å². The topological polar surface area (TPSA) is 80.5 Å². The Morgan fingerprint density at radius 2 is 1.86 bits per heavy atom. The van der Waals surface area contributed by atoms with Gasteiger partial charge in [-0.2, -0.15) is 0 Å². The van der Waals surface area contributed by atoms with Gasteiger partial charge in [-0.05, 0) is 49.2 Å². The third-order valence-electron chi connectivity index (χ3n) is 4.99. The molecule has 0 spiro atoms. The standard InChI is InChI=1S/C22H24N4O3/c1-28-19-7-3-2-6-18(19)22-25-24-21(29-22)13-12-20(27)23-16-8-10-17(11-9-16)26-14-4-5-15-26/h2-3,6-11H,4-5,12-15H2,1H3,(H,23,27). The molecule has 1 fully saturated rings. The van der Waals surface area contributed by atoms with Crippen LogP contribution in [-0.4, -0.2) is 36.3 Å². The number of rotatable bonds is 7. The normalized spacial score (nSPS) is 13.5. The molecule has 4 rings (SSSR count). The molecule has 0 aliphatic carbocycles. The summed E-state index contributed by atoms with van der Waals surface area (Å²) in [6.07, 6.45) is 3.13. The van der Waals surface area contributed by atoms with Crippen molar-refractivity contribution >= 4 is 17.3 Å². The lowest BCUT2D eigenvalue weighted by atomic mass is 10.2. The minimum Gasteiger partial charge on any atom is -0.496 e. The molecule has 0 radical (unpaired) electrons. The Labute approximate surface area is 169 Å². The van der Waals surface area contributed by atoms with E-state index >= 15 is 0 Å². The predicted molar refractivity (Wildman–Crippen MR) is 111 cm³/mol. The number of aromatic nitrogens is 2. The number of benzene rings is 2. The highest BCUT2D eigenvalue weighted by Gasteiger charge is 2.15. The molecular formula is C22H24N4O3. The molecule has 0 atom stereocenters. The summed E-state index contributed by atoms with van der Waals surface area (Å²) in [6, 6.07) is 15.4. The summed E-state index contributed by atoms with van der Waals surface area (Å²) in [5.41, 5.74) is 2.73. The molecule has 1 amide bonds. The van der Waals surface area contributed by atoms with Crippen LogP contribution < -0.4 is 15.0 Å². The van der Waals surface area contributed by atoms with Crippen LogP contribution in [0, 0.1) is 0 Å². The summed E-state index contributed by atoms with van der Waals surface area (Å²) in [6.45, 7) is 2.21. The Balaban J connectivity index is 1.31. The maximum Gasteiger partial charge on any atom is 0.251 e. The molecule has 1 aliphatic rings. The Morgan fingerprint density at radius 1 is 1.10 bits per heavy atom. The molecule has 0 unspecified atom stereocenters. The van der Waals surface area contributed by atoms with Crippen molar-refractivity contribution < 1.29 is 13.9 Å². The van der Waals surface area contributed by atoms with Crippen molar-refractivity contribution in [1.29, 1.82) is 0 Å². The number of nitrogens with one attached hydrogen (secondary N) is 1. The SMILES string of the molecule is COc1ccccc1-c1nnc(CCC(=O)Nc2ccc(N3CCCC3)cc2)o1. The molecule has 1 saturated heterocycles. The fourth-order valence-electron chi connectivity index (χ4n) is 3.46. The smallest absolute Gasteiger partial charge is 0.251 e. The second-order valence-corrected chi connectivity index (χ2v) is 6.99. The van der Waals surface area contributed by atoms with Gasteiger partial charge in [-0.25, -0.2) is 0 Å². The first-order chi connectivity index (χ1) is 14.2. The maximum absolute atomic E-state index is 12.3. The lowest BCUT2D eigenvalue weighted by Gasteiger charge is -2.17. The van der Waals surface area contributed by atoms with Gasteiger partial charge in [0, 0.05) is 37.3 Å². The van der Waals surface area contributed by atoms with Gasteiger partial charge in [-0.1, -0.05) is 12.1 Å². The van der Waals surface area contributed by atoms with Crippen LogP contribution >= 0.6 is 0 Å². The van der Waals surface area contributed by atoms with Gasteiger partial charge in [0.15, 0.2) is 0 Å². The summed E-state index contributed by atoms with van der Waals surface area (Å²) in [5.74, 6) is 1.38. The van der Waals surface area contributed by atoms with Crippen molar-refractivity contribution in [2.24, 2.45) is 0 Å². The number of nitrogens with zero attached hydrogens (tertiary/aromatic N) is 3. The van der Waals surface area contributed by atoms with Crippen LogP contribution in [0.2, 0.25) is 0 Å². The fraction of sp³-hybridized carbons (Fsp3) is 0.318. The number of ether oxygens (including phenoxy) is 1. The number of aryl methyl sites for hydroxylation is 1. The number of methoxy groups -OCH3 is 1. The molecule has 1 aliphatic heterocycles. The van der Waals surface area contributed by atoms with E-state index in [4.69, 9.17) is 9.15 Å². The summed E-state index contributed by atoms with van der Waals surface area (Å²) in [5, 5.41) is 11.0. The first-order valence-electron chi connectivity index (χ1n) is 9.83. The van der Waals surface area contributed by atoms with Crippen molar-refractivity contribution in [3.8, 4) is 17.2 Å². The fourth-order valence-corrected chi connectivity index (χ4v) is 3.46. The Morgan fingerprint density at radius 3 is 2.62 bits per heavy atom. The zero-order chi connectivity index (χ0) is 20.1. The minimum absolute atomic E-state index is 0.0871. The molecule has 0 bridgehead atoms. The van der Waals surface area contributed by atoms with E-state index in [2.05, 4.69) is 32.5 Å². The second kappa shape index (κ2) is 8.77. The van der Waals surface area contributed by atoms with Crippen LogP contribution in [0.1, 0.15) is 25.2 Å². The van der Waals surface area contributed by atoms with Crippen molar-refractivity contribution in [1.82, 2.24) is 10.2 Å². The van der Waals surface area contributed by atoms with E-state index < -0.39 is 0 Å². The Kier molecular flexibility index (Phi) is 5.74. The van der Waals surface area contributed by atoms with Crippen LogP contribution in [0.4, 0.5) is 11.4 Å². The predicted octanol–water partition coefficient (Wildman–Crippen LogP) is 3.92. The van der Waals surface area contributed by atoms with Gasteiger partial charge in [-0.15, -0.1) is 10.2 Å². The summed E-state index contributed by atoms with van der Waals surface area (Å²) < 4.78 is 11.0. The van der Waals surface area contributed by atoms with Crippen molar-refractivity contribution in [3.05, 3.63) is 54.4 Å². The zero-order valence-electron chi connectivity index (χ0n) is 16.4. The van der Waals surface area contributed by atoms with Crippen molar-refractivity contribution in [2.45, 2.75) is 25.7 Å². The van der Waals surface area contributed by atoms with E-state index in [0.717, 1.165) is 24.3 Å². The zero-order valence-corrected chi connectivity index (χ0v) is 16.4. The number of carbonyl (C=O) groups excluding carboxylic acids is 1. The molecule has 3 aromatic rings. The third-order valence-corrected chi connectivity index (χ3v) is 4.99.